The zero-order valence-corrected chi connectivity index (χ0v) is 11.5. The van der Waals surface area contributed by atoms with Gasteiger partial charge in [0.25, 0.3) is 0 Å². The molecule has 1 aromatic rings. The van der Waals surface area contributed by atoms with Gasteiger partial charge in [-0.15, -0.1) is 0 Å². The molecule has 0 aliphatic carbocycles. The first-order valence-electron chi connectivity index (χ1n) is 6.22. The smallest absolute Gasteiger partial charge is 0.0928 e. The van der Waals surface area contributed by atoms with E-state index in [4.69, 9.17) is 11.6 Å². The van der Waals surface area contributed by atoms with Crippen molar-refractivity contribution in [3.8, 4) is 0 Å². The van der Waals surface area contributed by atoms with Crippen LogP contribution in [0, 0.1) is 5.92 Å². The Bertz CT molecular complexity index is 343. The number of benzene rings is 1. The van der Waals surface area contributed by atoms with Crippen molar-refractivity contribution >= 4 is 11.6 Å². The summed E-state index contributed by atoms with van der Waals surface area (Å²) >= 11 is 6.04. The minimum absolute atomic E-state index is 0.400. The van der Waals surface area contributed by atoms with E-state index in [0.29, 0.717) is 23.5 Å². The Morgan fingerprint density at radius 1 is 1.29 bits per heavy atom. The van der Waals surface area contributed by atoms with Gasteiger partial charge in [-0.1, -0.05) is 50.1 Å². The fourth-order valence-corrected chi connectivity index (χ4v) is 1.97. The van der Waals surface area contributed by atoms with Crippen LogP contribution in [-0.4, -0.2) is 17.7 Å². The number of aliphatic hydroxyl groups is 1. The molecular formula is C14H22ClNO. The van der Waals surface area contributed by atoms with Crippen molar-refractivity contribution in [3.05, 3.63) is 34.9 Å². The highest BCUT2D eigenvalue weighted by atomic mass is 35.5. The summed E-state index contributed by atoms with van der Waals surface area (Å²) in [5.41, 5.74) is 0.790. The summed E-state index contributed by atoms with van der Waals surface area (Å²) in [6.07, 6.45) is 0.589. The van der Waals surface area contributed by atoms with E-state index >= 15 is 0 Å². The Morgan fingerprint density at radius 3 is 2.53 bits per heavy atom. The minimum Gasteiger partial charge on any atom is -0.387 e. The van der Waals surface area contributed by atoms with Gasteiger partial charge in [-0.3, -0.25) is 0 Å². The van der Waals surface area contributed by atoms with Crippen LogP contribution in [0.4, 0.5) is 0 Å². The summed E-state index contributed by atoms with van der Waals surface area (Å²) in [7, 11) is 0. The summed E-state index contributed by atoms with van der Waals surface area (Å²) in [6.45, 7) is 7.07. The number of halogens is 1. The van der Waals surface area contributed by atoms with E-state index in [1.807, 2.05) is 18.2 Å². The Balaban J connectivity index is 2.50. The highest BCUT2D eigenvalue weighted by Gasteiger charge is 2.14. The molecular weight excluding hydrogens is 234 g/mol. The quantitative estimate of drug-likeness (QED) is 0.817. The molecule has 0 saturated carbocycles. The molecule has 3 heteroatoms. The van der Waals surface area contributed by atoms with Crippen LogP contribution < -0.4 is 5.32 Å². The van der Waals surface area contributed by atoms with E-state index in [9.17, 15) is 5.11 Å². The van der Waals surface area contributed by atoms with Crippen LogP contribution >= 0.6 is 11.6 Å². The molecule has 96 valence electrons. The van der Waals surface area contributed by atoms with Gasteiger partial charge in [-0.05, 0) is 18.9 Å². The maximum atomic E-state index is 10.1. The molecule has 17 heavy (non-hydrogen) atoms. The Morgan fingerprint density at radius 2 is 1.94 bits per heavy atom. The number of nitrogens with one attached hydrogen (secondary N) is 1. The van der Waals surface area contributed by atoms with Gasteiger partial charge < -0.3 is 10.4 Å². The number of hydrogen-bond donors (Lipinski definition) is 2. The lowest BCUT2D eigenvalue weighted by molar-refractivity contribution is 0.166. The van der Waals surface area contributed by atoms with E-state index in [-0.39, 0.29) is 0 Å². The van der Waals surface area contributed by atoms with Crippen LogP contribution in [0.15, 0.2) is 24.3 Å². The molecule has 2 nitrogen and oxygen atoms in total. The molecule has 0 aliphatic heterocycles. The molecule has 3 atom stereocenters. The molecule has 0 amide bonds. The normalized spacial score (nSPS) is 16.5. The molecule has 0 saturated heterocycles. The van der Waals surface area contributed by atoms with Gasteiger partial charge in [0.05, 0.1) is 6.10 Å². The predicted octanol–water partition coefficient (Wildman–Crippen LogP) is 3.40. The standard InChI is InChI=1S/C14H22ClNO/c1-4-10(2)11(3)16-9-14(17)12-7-5-6-8-13(12)15/h5-8,10-11,14,16-17H,4,9H2,1-3H3. The van der Waals surface area contributed by atoms with E-state index in [2.05, 4.69) is 26.1 Å². The molecule has 0 heterocycles. The molecule has 0 aromatic heterocycles. The number of rotatable bonds is 6. The van der Waals surface area contributed by atoms with Crippen LogP contribution in [0.25, 0.3) is 0 Å². The van der Waals surface area contributed by atoms with Crippen LogP contribution in [0.1, 0.15) is 38.9 Å². The van der Waals surface area contributed by atoms with E-state index in [1.165, 1.54) is 0 Å². The molecule has 0 fully saturated rings. The van der Waals surface area contributed by atoms with Gasteiger partial charge in [-0.25, -0.2) is 0 Å². The van der Waals surface area contributed by atoms with Crippen LogP contribution in [0.2, 0.25) is 5.02 Å². The second kappa shape index (κ2) is 7.00. The third-order valence-corrected chi connectivity index (χ3v) is 3.74. The highest BCUT2D eigenvalue weighted by Crippen LogP contribution is 2.22. The van der Waals surface area contributed by atoms with Gasteiger partial charge in [-0.2, -0.15) is 0 Å². The van der Waals surface area contributed by atoms with Crippen molar-refractivity contribution < 1.29 is 5.11 Å². The summed E-state index contributed by atoms with van der Waals surface area (Å²) in [6, 6.07) is 7.83. The average Bonchev–Trinajstić information content (AvgIpc) is 2.35. The van der Waals surface area contributed by atoms with Crippen LogP contribution in [0.3, 0.4) is 0 Å². The molecule has 0 bridgehead atoms. The van der Waals surface area contributed by atoms with Crippen LogP contribution in [0.5, 0.6) is 0 Å². The third kappa shape index (κ3) is 4.30. The maximum absolute atomic E-state index is 10.1. The second-order valence-electron chi connectivity index (χ2n) is 4.62. The Kier molecular flexibility index (Phi) is 5.96. The summed E-state index contributed by atoms with van der Waals surface area (Å²) in [5.74, 6) is 0.605. The second-order valence-corrected chi connectivity index (χ2v) is 5.03. The molecule has 3 unspecified atom stereocenters. The van der Waals surface area contributed by atoms with E-state index in [0.717, 1.165) is 12.0 Å². The first-order valence-corrected chi connectivity index (χ1v) is 6.60. The number of aliphatic hydroxyl groups excluding tert-OH is 1. The fourth-order valence-electron chi connectivity index (χ4n) is 1.71. The van der Waals surface area contributed by atoms with Gasteiger partial charge in [0, 0.05) is 23.2 Å². The maximum Gasteiger partial charge on any atom is 0.0928 e. The van der Waals surface area contributed by atoms with E-state index in [1.54, 1.807) is 6.07 Å². The molecule has 0 radical (unpaired) electrons. The summed E-state index contributed by atoms with van der Waals surface area (Å²) in [5, 5.41) is 14.0. The SMILES string of the molecule is CCC(C)C(C)NCC(O)c1ccccc1Cl. The fraction of sp³-hybridized carbons (Fsp3) is 0.571. The van der Waals surface area contributed by atoms with Crippen molar-refractivity contribution in [2.45, 2.75) is 39.3 Å². The van der Waals surface area contributed by atoms with Crippen molar-refractivity contribution in [2.75, 3.05) is 6.54 Å². The lowest BCUT2D eigenvalue weighted by Crippen LogP contribution is -2.35. The van der Waals surface area contributed by atoms with Crippen molar-refractivity contribution in [3.63, 3.8) is 0 Å². The molecule has 1 aromatic carbocycles. The first kappa shape index (κ1) is 14.5. The minimum atomic E-state index is -0.546. The summed E-state index contributed by atoms with van der Waals surface area (Å²) < 4.78 is 0. The first-order chi connectivity index (χ1) is 8.06. The summed E-state index contributed by atoms with van der Waals surface area (Å²) in [4.78, 5) is 0. The lowest BCUT2D eigenvalue weighted by Gasteiger charge is -2.22. The van der Waals surface area contributed by atoms with Gasteiger partial charge >= 0.3 is 0 Å². The topological polar surface area (TPSA) is 32.3 Å². The largest absolute Gasteiger partial charge is 0.387 e. The lowest BCUT2D eigenvalue weighted by atomic mass is 10.0. The third-order valence-electron chi connectivity index (χ3n) is 3.39. The Hall–Kier alpha value is -0.570. The number of hydrogen-bond acceptors (Lipinski definition) is 2. The van der Waals surface area contributed by atoms with Crippen molar-refractivity contribution in [1.29, 1.82) is 0 Å². The zero-order chi connectivity index (χ0) is 12.8. The van der Waals surface area contributed by atoms with Gasteiger partial charge in [0.1, 0.15) is 0 Å². The van der Waals surface area contributed by atoms with Crippen LogP contribution in [-0.2, 0) is 0 Å². The molecule has 1 rings (SSSR count). The van der Waals surface area contributed by atoms with E-state index < -0.39 is 6.10 Å². The Labute approximate surface area is 109 Å². The molecule has 0 aliphatic rings. The monoisotopic (exact) mass is 255 g/mol. The van der Waals surface area contributed by atoms with Gasteiger partial charge in [0.2, 0.25) is 0 Å². The highest BCUT2D eigenvalue weighted by molar-refractivity contribution is 6.31. The van der Waals surface area contributed by atoms with Crippen molar-refractivity contribution in [1.82, 2.24) is 5.32 Å². The molecule has 0 spiro atoms. The predicted molar refractivity (Wildman–Crippen MR) is 73.3 cm³/mol. The zero-order valence-electron chi connectivity index (χ0n) is 10.8. The van der Waals surface area contributed by atoms with Crippen molar-refractivity contribution in [2.24, 2.45) is 5.92 Å². The molecule has 2 N–H and O–H groups in total. The average molecular weight is 256 g/mol. The van der Waals surface area contributed by atoms with Gasteiger partial charge in [0.15, 0.2) is 0 Å².